The number of nitrogens with zero attached hydrogens (tertiary/aromatic N) is 2. The first-order valence-electron chi connectivity index (χ1n) is 15.4. The van der Waals surface area contributed by atoms with Crippen molar-refractivity contribution in [1.82, 2.24) is 10.2 Å². The van der Waals surface area contributed by atoms with Crippen LogP contribution < -0.4 is 15.4 Å². The summed E-state index contributed by atoms with van der Waals surface area (Å²) in [5.41, 5.74) is 4.31. The molecule has 240 valence electrons. The maximum Gasteiger partial charge on any atom is 0.251 e. The first-order chi connectivity index (χ1) is 22.1. The van der Waals surface area contributed by atoms with Gasteiger partial charge < -0.3 is 15.3 Å². The minimum atomic E-state index is -3.90. The van der Waals surface area contributed by atoms with Gasteiger partial charge in [-0.1, -0.05) is 72.4 Å². The van der Waals surface area contributed by atoms with Gasteiger partial charge in [-0.05, 0) is 78.1 Å². The maximum absolute atomic E-state index is 13.3. The lowest BCUT2D eigenvalue weighted by Crippen LogP contribution is -2.48. The maximum atomic E-state index is 13.3. The zero-order valence-corrected chi connectivity index (χ0v) is 27.5. The van der Waals surface area contributed by atoms with Gasteiger partial charge in [0.15, 0.2) is 0 Å². The molecule has 1 amide bonds. The lowest BCUT2D eigenvalue weighted by Gasteiger charge is -2.41. The molecule has 0 spiro atoms. The van der Waals surface area contributed by atoms with Crippen molar-refractivity contribution in [3.05, 3.63) is 112 Å². The van der Waals surface area contributed by atoms with Crippen LogP contribution in [0.15, 0.2) is 89.8 Å². The molecule has 2 aliphatic rings. The molecular weight excluding hydrogens is 643 g/mol. The highest BCUT2D eigenvalue weighted by Crippen LogP contribution is 2.39. The Bertz CT molecular complexity index is 1860. The largest absolute Gasteiger partial charge is 0.508 e. The smallest absolute Gasteiger partial charge is 0.251 e. The molecule has 8 nitrogen and oxygen atoms in total. The van der Waals surface area contributed by atoms with Crippen LogP contribution in [0.5, 0.6) is 5.75 Å². The quantitative estimate of drug-likeness (QED) is 0.193. The summed E-state index contributed by atoms with van der Waals surface area (Å²) in [7, 11) is -3.90. The molecule has 2 fully saturated rings. The van der Waals surface area contributed by atoms with E-state index in [4.69, 9.17) is 28.3 Å². The highest BCUT2D eigenvalue weighted by molar-refractivity contribution is 7.89. The van der Waals surface area contributed by atoms with Crippen LogP contribution in [-0.2, 0) is 10.0 Å². The number of nitrogens with two attached hydrogens (primary N) is 1. The summed E-state index contributed by atoms with van der Waals surface area (Å²) in [6.45, 7) is 2.59. The van der Waals surface area contributed by atoms with Crippen molar-refractivity contribution in [3.8, 4) is 16.9 Å². The molecule has 4 aromatic carbocycles. The number of carbonyl (C=O) groups excluding carboxylic acids is 1. The minimum absolute atomic E-state index is 0.00736. The standard InChI is InChI=1S/C35H36Cl2N4O4S/c36-30-12-5-13-31(33(30)37)40-16-18-41(19-17-40)34(25-7-3-8-26(20-25)35(43)39-27-9-1-2-10-27)29-22-24(14-15-32(29)42)23-6-4-11-28(21-23)46(38,44)45/h3-8,11-15,20-22,27,34,42H,1-2,9-10,16-19H2,(H,39,43)(H2,38,44,45). The molecule has 46 heavy (non-hydrogen) atoms. The van der Waals surface area contributed by atoms with Crippen molar-refractivity contribution in [2.75, 3.05) is 31.1 Å². The molecule has 0 bridgehead atoms. The van der Waals surface area contributed by atoms with Crippen LogP contribution in [0.2, 0.25) is 10.0 Å². The zero-order chi connectivity index (χ0) is 32.4. The molecular formula is C35H36Cl2N4O4S. The van der Waals surface area contributed by atoms with E-state index in [0.29, 0.717) is 52.9 Å². The van der Waals surface area contributed by atoms with E-state index in [-0.39, 0.29) is 22.6 Å². The van der Waals surface area contributed by atoms with E-state index in [1.54, 1.807) is 30.3 Å². The van der Waals surface area contributed by atoms with Gasteiger partial charge in [0.25, 0.3) is 5.91 Å². The number of amides is 1. The van der Waals surface area contributed by atoms with Crippen LogP contribution >= 0.6 is 23.2 Å². The molecule has 4 aromatic rings. The fraction of sp³-hybridized carbons (Fsp3) is 0.286. The average molecular weight is 680 g/mol. The Morgan fingerprint density at radius 1 is 0.870 bits per heavy atom. The van der Waals surface area contributed by atoms with Gasteiger partial charge in [-0.2, -0.15) is 0 Å². The fourth-order valence-electron chi connectivity index (χ4n) is 6.54. The summed E-state index contributed by atoms with van der Waals surface area (Å²) in [5, 5.41) is 20.9. The average Bonchev–Trinajstić information content (AvgIpc) is 3.57. The van der Waals surface area contributed by atoms with E-state index in [9.17, 15) is 18.3 Å². The number of halogens is 2. The molecule has 0 aromatic heterocycles. The number of aromatic hydroxyl groups is 1. The molecule has 1 atom stereocenters. The number of phenolic OH excluding ortho intramolecular Hbond substituents is 1. The van der Waals surface area contributed by atoms with Crippen LogP contribution in [0.4, 0.5) is 5.69 Å². The Labute approximate surface area is 279 Å². The van der Waals surface area contributed by atoms with Gasteiger partial charge in [-0.25, -0.2) is 13.6 Å². The van der Waals surface area contributed by atoms with Crippen LogP contribution in [0.25, 0.3) is 11.1 Å². The van der Waals surface area contributed by atoms with Crippen LogP contribution in [0.1, 0.15) is 53.2 Å². The Morgan fingerprint density at radius 3 is 2.30 bits per heavy atom. The van der Waals surface area contributed by atoms with E-state index in [2.05, 4.69) is 15.1 Å². The number of hydrogen-bond acceptors (Lipinski definition) is 6. The molecule has 1 saturated carbocycles. The molecule has 0 radical (unpaired) electrons. The SMILES string of the molecule is NS(=O)(=O)c1cccc(-c2ccc(O)c(C(c3cccc(C(=O)NC4CCCC4)c3)N3CCN(c4cccc(Cl)c4Cl)CC3)c2)c1. The van der Waals surface area contributed by atoms with E-state index < -0.39 is 16.1 Å². The number of piperazine rings is 1. The molecule has 1 aliphatic heterocycles. The van der Waals surface area contributed by atoms with Crippen molar-refractivity contribution < 1.29 is 18.3 Å². The number of nitrogens with one attached hydrogen (secondary N) is 1. The van der Waals surface area contributed by atoms with Crippen molar-refractivity contribution in [3.63, 3.8) is 0 Å². The third-order valence-corrected chi connectivity index (χ3v) is 10.6. The second-order valence-electron chi connectivity index (χ2n) is 11.9. The topological polar surface area (TPSA) is 116 Å². The van der Waals surface area contributed by atoms with Gasteiger partial charge >= 0.3 is 0 Å². The zero-order valence-electron chi connectivity index (χ0n) is 25.2. The van der Waals surface area contributed by atoms with Gasteiger partial charge in [0.1, 0.15) is 5.75 Å². The number of phenols is 1. The Hall–Kier alpha value is -3.60. The number of sulfonamides is 1. The molecule has 1 aliphatic carbocycles. The van der Waals surface area contributed by atoms with Crippen LogP contribution in [-0.4, -0.2) is 56.6 Å². The first-order valence-corrected chi connectivity index (χ1v) is 17.7. The van der Waals surface area contributed by atoms with Crippen molar-refractivity contribution in [2.45, 2.75) is 42.7 Å². The van der Waals surface area contributed by atoms with Gasteiger partial charge in [0, 0.05) is 43.3 Å². The minimum Gasteiger partial charge on any atom is -0.508 e. The number of hydrogen-bond donors (Lipinski definition) is 3. The van der Waals surface area contributed by atoms with E-state index in [0.717, 1.165) is 42.5 Å². The number of rotatable bonds is 8. The van der Waals surface area contributed by atoms with E-state index in [1.165, 1.54) is 12.1 Å². The molecule has 1 unspecified atom stereocenters. The third-order valence-electron chi connectivity index (χ3n) is 8.92. The molecule has 1 saturated heterocycles. The summed E-state index contributed by atoms with van der Waals surface area (Å²) in [6.07, 6.45) is 4.22. The first kappa shape index (κ1) is 32.3. The van der Waals surface area contributed by atoms with Gasteiger partial charge in [0.05, 0.1) is 26.7 Å². The number of carbonyl (C=O) groups is 1. The number of anilines is 1. The van der Waals surface area contributed by atoms with Gasteiger partial charge in [0.2, 0.25) is 10.0 Å². The summed E-state index contributed by atoms with van der Waals surface area (Å²) in [4.78, 5) is 17.8. The van der Waals surface area contributed by atoms with E-state index in [1.807, 2.05) is 42.5 Å². The Morgan fingerprint density at radius 2 is 1.57 bits per heavy atom. The molecule has 4 N–H and O–H groups in total. The van der Waals surface area contributed by atoms with Crippen LogP contribution in [0, 0.1) is 0 Å². The highest BCUT2D eigenvalue weighted by atomic mass is 35.5. The molecule has 11 heteroatoms. The third kappa shape index (κ3) is 7.04. The van der Waals surface area contributed by atoms with Gasteiger partial charge in [-0.3, -0.25) is 9.69 Å². The second-order valence-corrected chi connectivity index (χ2v) is 14.3. The lowest BCUT2D eigenvalue weighted by atomic mass is 9.91. The predicted octanol–water partition coefficient (Wildman–Crippen LogP) is 6.60. The van der Waals surface area contributed by atoms with Crippen molar-refractivity contribution in [2.24, 2.45) is 5.14 Å². The number of benzene rings is 4. The van der Waals surface area contributed by atoms with Crippen molar-refractivity contribution in [1.29, 1.82) is 0 Å². The Kier molecular flexibility index (Phi) is 9.59. The van der Waals surface area contributed by atoms with Crippen LogP contribution in [0.3, 0.4) is 0 Å². The summed E-state index contributed by atoms with van der Waals surface area (Å²) < 4.78 is 24.2. The number of primary sulfonamides is 1. The summed E-state index contributed by atoms with van der Waals surface area (Å²) >= 11 is 12.9. The highest BCUT2D eigenvalue weighted by Gasteiger charge is 2.30. The second kappa shape index (κ2) is 13.6. The molecule has 1 heterocycles. The van der Waals surface area contributed by atoms with Crippen molar-refractivity contribution >= 4 is 44.8 Å². The van der Waals surface area contributed by atoms with Gasteiger partial charge in [-0.15, -0.1) is 0 Å². The normalized spacial score (nSPS) is 16.8. The predicted molar refractivity (Wildman–Crippen MR) is 183 cm³/mol. The fourth-order valence-corrected chi connectivity index (χ4v) is 7.51. The lowest BCUT2D eigenvalue weighted by molar-refractivity contribution is 0.0937. The monoisotopic (exact) mass is 678 g/mol. The summed E-state index contributed by atoms with van der Waals surface area (Å²) in [5.74, 6) is -0.0109. The Balaban J connectivity index is 1.37. The van der Waals surface area contributed by atoms with E-state index >= 15 is 0 Å². The summed E-state index contributed by atoms with van der Waals surface area (Å²) in [6, 6.07) is 24.7. The molecule has 6 rings (SSSR count).